The van der Waals surface area contributed by atoms with Crippen molar-refractivity contribution in [2.75, 3.05) is 31.4 Å². The van der Waals surface area contributed by atoms with Crippen molar-refractivity contribution < 1.29 is 22.7 Å². The van der Waals surface area contributed by atoms with Crippen molar-refractivity contribution in [2.24, 2.45) is 0 Å². The molecule has 3 aromatic rings. The Kier molecular flexibility index (Phi) is 6.31. The first-order valence-electron chi connectivity index (χ1n) is 8.94. The average molecular weight is 435 g/mol. The fraction of sp³-hybridized carbons (Fsp3) is 0.238. The summed E-state index contributed by atoms with van der Waals surface area (Å²) in [4.78, 5) is 18.6. The molecule has 0 atom stereocenters. The van der Waals surface area contributed by atoms with E-state index in [9.17, 15) is 18.0 Å². The van der Waals surface area contributed by atoms with Crippen LogP contribution in [0.2, 0.25) is 0 Å². The minimum Gasteiger partial charge on any atom is -0.497 e. The average Bonchev–Trinajstić information content (AvgIpc) is 3.15. The maximum Gasteiger partial charge on any atom is 0.416 e. The van der Waals surface area contributed by atoms with Crippen LogP contribution in [0.5, 0.6) is 5.75 Å². The molecule has 0 aliphatic heterocycles. The van der Waals surface area contributed by atoms with E-state index in [-0.39, 0.29) is 12.1 Å². The van der Waals surface area contributed by atoms with E-state index >= 15 is 0 Å². The number of hydrogen-bond acceptors (Lipinski definition) is 5. The third-order valence-corrected chi connectivity index (χ3v) is 5.25. The number of ether oxygens (including phenoxy) is 1. The molecular formula is C21H20F3N3O2S. The maximum atomic E-state index is 13.1. The molecule has 3 rings (SSSR count). The van der Waals surface area contributed by atoms with Crippen molar-refractivity contribution in [2.45, 2.75) is 12.6 Å². The van der Waals surface area contributed by atoms with Crippen LogP contribution in [0.3, 0.4) is 0 Å². The van der Waals surface area contributed by atoms with Gasteiger partial charge in [-0.05, 0) is 42.5 Å². The molecule has 0 fully saturated rings. The number of alkyl halides is 3. The number of amides is 1. The van der Waals surface area contributed by atoms with Crippen LogP contribution in [0, 0.1) is 0 Å². The van der Waals surface area contributed by atoms with E-state index in [1.807, 2.05) is 24.3 Å². The molecule has 1 N–H and O–H groups in total. The van der Waals surface area contributed by atoms with Crippen LogP contribution in [0.4, 0.5) is 24.5 Å². The molecule has 1 amide bonds. The Bertz CT molecular complexity index is 1030. The highest BCUT2D eigenvalue weighted by molar-refractivity contribution is 7.13. The molecule has 0 unspecified atom stereocenters. The van der Waals surface area contributed by atoms with Crippen LogP contribution in [0.15, 0.2) is 47.8 Å². The van der Waals surface area contributed by atoms with E-state index in [4.69, 9.17) is 4.74 Å². The summed E-state index contributed by atoms with van der Waals surface area (Å²) < 4.78 is 44.3. The highest BCUT2D eigenvalue weighted by atomic mass is 32.1. The predicted molar refractivity (Wildman–Crippen MR) is 112 cm³/mol. The third-order valence-electron chi connectivity index (χ3n) is 4.31. The van der Waals surface area contributed by atoms with Gasteiger partial charge in [0.2, 0.25) is 5.91 Å². The Morgan fingerprint density at radius 3 is 2.47 bits per heavy atom. The number of thiazole rings is 1. The second-order valence-corrected chi connectivity index (χ2v) is 7.58. The predicted octanol–water partition coefficient (Wildman–Crippen LogP) is 5.08. The van der Waals surface area contributed by atoms with E-state index in [0.29, 0.717) is 11.4 Å². The minimum atomic E-state index is -4.49. The lowest BCUT2D eigenvalue weighted by Gasteiger charge is -2.19. The molecule has 0 saturated carbocycles. The van der Waals surface area contributed by atoms with Gasteiger partial charge >= 0.3 is 6.18 Å². The molecule has 0 spiro atoms. The zero-order valence-electron chi connectivity index (χ0n) is 16.6. The molecule has 0 bridgehead atoms. The lowest BCUT2D eigenvalue weighted by Crippen LogP contribution is -2.19. The number of carbonyl (C=O) groups is 1. The van der Waals surface area contributed by atoms with Crippen LogP contribution in [-0.4, -0.2) is 32.1 Å². The Balaban J connectivity index is 1.75. The van der Waals surface area contributed by atoms with Gasteiger partial charge in [0, 0.05) is 25.0 Å². The molecule has 0 aliphatic carbocycles. The molecule has 1 heterocycles. The Hall–Kier alpha value is -3.07. The van der Waals surface area contributed by atoms with Crippen LogP contribution < -0.4 is 15.0 Å². The van der Waals surface area contributed by atoms with Gasteiger partial charge in [0.1, 0.15) is 10.8 Å². The standard InChI is InChI=1S/C21H20F3N3O2S/c1-27(2)18-9-6-14(21(22,23)24)10-17(18)26-19(28)11-15-12-30-20(25-15)13-4-7-16(29-3)8-5-13/h4-10,12H,11H2,1-3H3,(H,26,28). The quantitative estimate of drug-likeness (QED) is 0.586. The van der Waals surface area contributed by atoms with Crippen LogP contribution in [-0.2, 0) is 17.4 Å². The van der Waals surface area contributed by atoms with E-state index in [1.165, 1.54) is 17.4 Å². The van der Waals surface area contributed by atoms with E-state index in [1.54, 1.807) is 31.5 Å². The summed E-state index contributed by atoms with van der Waals surface area (Å²) in [6.45, 7) is 0. The zero-order chi connectivity index (χ0) is 21.9. The van der Waals surface area contributed by atoms with Crippen LogP contribution in [0.25, 0.3) is 10.6 Å². The fourth-order valence-corrected chi connectivity index (χ4v) is 3.64. The fourth-order valence-electron chi connectivity index (χ4n) is 2.82. The van der Waals surface area contributed by atoms with Crippen molar-refractivity contribution in [3.05, 3.63) is 59.1 Å². The summed E-state index contributed by atoms with van der Waals surface area (Å²) in [5.74, 6) is 0.289. The Morgan fingerprint density at radius 2 is 1.87 bits per heavy atom. The largest absolute Gasteiger partial charge is 0.497 e. The molecule has 9 heteroatoms. The summed E-state index contributed by atoms with van der Waals surface area (Å²) in [5, 5.41) is 5.09. The van der Waals surface area contributed by atoms with Gasteiger partial charge in [0.25, 0.3) is 0 Å². The number of nitrogens with zero attached hydrogens (tertiary/aromatic N) is 2. The van der Waals surface area contributed by atoms with Gasteiger partial charge in [-0.25, -0.2) is 4.98 Å². The summed E-state index contributed by atoms with van der Waals surface area (Å²) in [6.07, 6.45) is -4.54. The normalized spacial score (nSPS) is 11.3. The Morgan fingerprint density at radius 1 is 1.17 bits per heavy atom. The number of halogens is 3. The first-order chi connectivity index (χ1) is 14.2. The molecule has 5 nitrogen and oxygen atoms in total. The number of carbonyl (C=O) groups excluding carboxylic acids is 1. The summed E-state index contributed by atoms with van der Waals surface area (Å²) >= 11 is 1.39. The molecule has 0 aliphatic rings. The smallest absolute Gasteiger partial charge is 0.416 e. The summed E-state index contributed by atoms with van der Waals surface area (Å²) in [5.41, 5.74) is 1.19. The lowest BCUT2D eigenvalue weighted by molar-refractivity contribution is -0.137. The van der Waals surface area contributed by atoms with Crippen LogP contribution in [0.1, 0.15) is 11.3 Å². The number of nitrogens with one attached hydrogen (secondary N) is 1. The number of benzene rings is 2. The molecule has 2 aromatic carbocycles. The third kappa shape index (κ3) is 5.10. The molecule has 0 saturated heterocycles. The second kappa shape index (κ2) is 8.74. The van der Waals surface area contributed by atoms with Crippen LogP contribution >= 0.6 is 11.3 Å². The highest BCUT2D eigenvalue weighted by Crippen LogP contribution is 2.35. The number of methoxy groups -OCH3 is 1. The summed E-state index contributed by atoms with van der Waals surface area (Å²) in [6, 6.07) is 10.6. The highest BCUT2D eigenvalue weighted by Gasteiger charge is 2.31. The monoisotopic (exact) mass is 435 g/mol. The minimum absolute atomic E-state index is 0.0459. The van der Waals surface area contributed by atoms with Gasteiger partial charge in [-0.2, -0.15) is 13.2 Å². The number of rotatable bonds is 6. The van der Waals surface area contributed by atoms with Gasteiger partial charge in [0.05, 0.1) is 36.2 Å². The number of hydrogen-bond donors (Lipinski definition) is 1. The summed E-state index contributed by atoms with van der Waals surface area (Å²) in [7, 11) is 4.97. The zero-order valence-corrected chi connectivity index (χ0v) is 17.4. The molecule has 1 aromatic heterocycles. The van der Waals surface area contributed by atoms with Gasteiger partial charge in [0.15, 0.2) is 0 Å². The number of anilines is 2. The molecule has 0 radical (unpaired) electrons. The number of aromatic nitrogens is 1. The second-order valence-electron chi connectivity index (χ2n) is 6.72. The van der Waals surface area contributed by atoms with Crippen molar-refractivity contribution >= 4 is 28.6 Å². The maximum absolute atomic E-state index is 13.1. The Labute approximate surface area is 176 Å². The van der Waals surface area contributed by atoms with E-state index < -0.39 is 17.6 Å². The SMILES string of the molecule is COc1ccc(-c2nc(CC(=O)Nc3cc(C(F)(F)F)ccc3N(C)C)cs2)cc1. The molecular weight excluding hydrogens is 415 g/mol. The van der Waals surface area contributed by atoms with Crippen molar-refractivity contribution in [1.29, 1.82) is 0 Å². The van der Waals surface area contributed by atoms with E-state index in [2.05, 4.69) is 10.3 Å². The van der Waals surface area contributed by atoms with Gasteiger partial charge < -0.3 is 15.0 Å². The first kappa shape index (κ1) is 21.6. The topological polar surface area (TPSA) is 54.5 Å². The van der Waals surface area contributed by atoms with E-state index in [0.717, 1.165) is 28.5 Å². The molecule has 30 heavy (non-hydrogen) atoms. The van der Waals surface area contributed by atoms with Crippen molar-refractivity contribution in [3.63, 3.8) is 0 Å². The van der Waals surface area contributed by atoms with Gasteiger partial charge in [-0.1, -0.05) is 0 Å². The lowest BCUT2D eigenvalue weighted by atomic mass is 10.1. The molecule has 158 valence electrons. The van der Waals surface area contributed by atoms with Gasteiger partial charge in [-0.15, -0.1) is 11.3 Å². The van der Waals surface area contributed by atoms with Gasteiger partial charge in [-0.3, -0.25) is 4.79 Å². The van der Waals surface area contributed by atoms with Crippen molar-refractivity contribution in [3.8, 4) is 16.3 Å². The van der Waals surface area contributed by atoms with Crippen molar-refractivity contribution in [1.82, 2.24) is 4.98 Å². The first-order valence-corrected chi connectivity index (χ1v) is 9.82.